The van der Waals surface area contributed by atoms with Gasteiger partial charge in [0.1, 0.15) is 11.0 Å². The van der Waals surface area contributed by atoms with Crippen LogP contribution in [0.1, 0.15) is 32.2 Å². The van der Waals surface area contributed by atoms with Crippen LogP contribution in [0.4, 0.5) is 22.0 Å². The fourth-order valence-electron chi connectivity index (χ4n) is 1.19. The summed E-state index contributed by atoms with van der Waals surface area (Å²) in [6.45, 7) is 4.72. The summed E-state index contributed by atoms with van der Waals surface area (Å²) < 4.78 is 66.5. The van der Waals surface area contributed by atoms with Gasteiger partial charge in [-0.1, -0.05) is 32.4 Å². The molecule has 120 valence electrons. The third-order valence-electron chi connectivity index (χ3n) is 2.52. The van der Waals surface area contributed by atoms with Gasteiger partial charge in [-0.05, 0) is 6.92 Å². The molecule has 0 spiro atoms. The van der Waals surface area contributed by atoms with E-state index >= 15 is 0 Å². The van der Waals surface area contributed by atoms with Crippen LogP contribution in [-0.4, -0.2) is 28.7 Å². The Hall–Kier alpha value is -1.18. The predicted octanol–water partition coefficient (Wildman–Crippen LogP) is 4.31. The van der Waals surface area contributed by atoms with Crippen molar-refractivity contribution in [2.45, 2.75) is 45.2 Å². The van der Waals surface area contributed by atoms with Gasteiger partial charge in [0.15, 0.2) is 6.61 Å². The highest BCUT2D eigenvalue weighted by Crippen LogP contribution is 2.36. The zero-order valence-electron chi connectivity index (χ0n) is 11.8. The first-order valence-corrected chi connectivity index (χ1v) is 6.25. The first kappa shape index (κ1) is 17.9. The molecule has 1 heterocycles. The van der Waals surface area contributed by atoms with Gasteiger partial charge in [0, 0.05) is 11.0 Å². The Morgan fingerprint density at radius 1 is 1.05 bits per heavy atom. The zero-order chi connectivity index (χ0) is 16.6. The number of hydrogen-bond acceptors (Lipinski definition) is 3. The lowest BCUT2D eigenvalue weighted by Crippen LogP contribution is -2.42. The highest BCUT2D eigenvalue weighted by molar-refractivity contribution is 6.30. The van der Waals surface area contributed by atoms with E-state index in [2.05, 4.69) is 14.7 Å². The molecule has 0 N–H and O–H groups in total. The molecule has 0 radical (unpaired) electrons. The number of ether oxygens (including phenoxy) is 1. The Labute approximate surface area is 123 Å². The molecule has 0 fully saturated rings. The number of rotatable bonds is 3. The Bertz CT molecular complexity index is 526. The maximum Gasteiger partial charge on any atom is 0.456 e. The second-order valence-electron chi connectivity index (χ2n) is 5.51. The molecule has 0 bridgehead atoms. The first-order valence-electron chi connectivity index (χ1n) is 5.87. The third-order valence-corrected chi connectivity index (χ3v) is 2.89. The second-order valence-corrected chi connectivity index (χ2v) is 5.87. The molecule has 21 heavy (non-hydrogen) atoms. The standard InChI is InChI=1S/C12H14ClF5N2O/c1-6-7(13)19-9(10(2,3)4)20-8(6)21-5-11(14,15)12(16,17)18/h5H2,1-4H3. The van der Waals surface area contributed by atoms with Crippen LogP contribution in [0.2, 0.25) is 5.15 Å². The van der Waals surface area contributed by atoms with Gasteiger partial charge in [-0.2, -0.15) is 26.9 Å². The fourth-order valence-corrected chi connectivity index (χ4v) is 1.35. The van der Waals surface area contributed by atoms with Gasteiger partial charge in [0.25, 0.3) is 0 Å². The maximum atomic E-state index is 12.9. The SMILES string of the molecule is Cc1c(Cl)nc(C(C)(C)C)nc1OCC(F)(F)C(F)(F)F. The van der Waals surface area contributed by atoms with E-state index in [1.807, 2.05) is 0 Å². The summed E-state index contributed by atoms with van der Waals surface area (Å²) in [6.07, 6.45) is -5.69. The third kappa shape index (κ3) is 4.15. The van der Waals surface area contributed by atoms with Crippen molar-refractivity contribution in [2.24, 2.45) is 0 Å². The fraction of sp³-hybridized carbons (Fsp3) is 0.667. The van der Waals surface area contributed by atoms with Gasteiger partial charge in [0.05, 0.1) is 0 Å². The van der Waals surface area contributed by atoms with Crippen LogP contribution in [0.3, 0.4) is 0 Å². The summed E-state index contributed by atoms with van der Waals surface area (Å²) >= 11 is 5.82. The maximum absolute atomic E-state index is 12.9. The van der Waals surface area contributed by atoms with Gasteiger partial charge in [-0.15, -0.1) is 0 Å². The van der Waals surface area contributed by atoms with Crippen LogP contribution in [0.25, 0.3) is 0 Å². The summed E-state index contributed by atoms with van der Waals surface area (Å²) in [5.41, 5.74) is -0.468. The average molecular weight is 333 g/mol. The quantitative estimate of drug-likeness (QED) is 0.611. The highest BCUT2D eigenvalue weighted by Gasteiger charge is 2.58. The molecule has 0 aromatic carbocycles. The van der Waals surface area contributed by atoms with Crippen molar-refractivity contribution in [2.75, 3.05) is 6.61 Å². The van der Waals surface area contributed by atoms with Crippen molar-refractivity contribution in [3.05, 3.63) is 16.5 Å². The number of aromatic nitrogens is 2. The number of halogens is 6. The summed E-state index contributed by atoms with van der Waals surface area (Å²) in [5, 5.41) is -0.0553. The molecule has 0 aliphatic carbocycles. The largest absolute Gasteiger partial charge is 0.471 e. The van der Waals surface area contributed by atoms with Gasteiger partial charge in [0.2, 0.25) is 5.88 Å². The van der Waals surface area contributed by atoms with Crippen LogP contribution < -0.4 is 4.74 Å². The molecular weight excluding hydrogens is 319 g/mol. The van der Waals surface area contributed by atoms with Gasteiger partial charge in [-0.25, -0.2) is 4.98 Å². The molecule has 0 saturated heterocycles. The monoisotopic (exact) mass is 332 g/mol. The van der Waals surface area contributed by atoms with E-state index in [0.29, 0.717) is 0 Å². The Morgan fingerprint density at radius 2 is 1.57 bits per heavy atom. The first-order chi connectivity index (χ1) is 9.25. The Kier molecular flexibility index (Phi) is 4.72. The summed E-state index contributed by atoms with van der Waals surface area (Å²) in [5.74, 6) is -5.18. The van der Waals surface area contributed by atoms with Crippen molar-refractivity contribution < 1.29 is 26.7 Å². The van der Waals surface area contributed by atoms with Crippen molar-refractivity contribution in [3.8, 4) is 5.88 Å². The van der Waals surface area contributed by atoms with Gasteiger partial charge >= 0.3 is 12.1 Å². The highest BCUT2D eigenvalue weighted by atomic mass is 35.5. The lowest BCUT2D eigenvalue weighted by molar-refractivity contribution is -0.290. The number of nitrogens with zero attached hydrogens (tertiary/aromatic N) is 2. The Morgan fingerprint density at radius 3 is 2.00 bits per heavy atom. The van der Waals surface area contributed by atoms with Crippen LogP contribution in [-0.2, 0) is 5.41 Å². The van der Waals surface area contributed by atoms with E-state index in [4.69, 9.17) is 11.6 Å². The summed E-state index contributed by atoms with van der Waals surface area (Å²) in [4.78, 5) is 7.83. The van der Waals surface area contributed by atoms with E-state index in [1.165, 1.54) is 6.92 Å². The van der Waals surface area contributed by atoms with Crippen LogP contribution >= 0.6 is 11.6 Å². The predicted molar refractivity (Wildman–Crippen MR) is 67.0 cm³/mol. The molecule has 0 atom stereocenters. The number of hydrogen-bond donors (Lipinski definition) is 0. The molecule has 3 nitrogen and oxygen atoms in total. The smallest absolute Gasteiger partial charge is 0.456 e. The molecule has 0 unspecified atom stereocenters. The van der Waals surface area contributed by atoms with Crippen molar-refractivity contribution in [1.29, 1.82) is 0 Å². The van der Waals surface area contributed by atoms with E-state index < -0.39 is 24.1 Å². The molecule has 0 saturated carbocycles. The minimum atomic E-state index is -5.69. The van der Waals surface area contributed by atoms with Crippen LogP contribution in [0.5, 0.6) is 5.88 Å². The minimum Gasteiger partial charge on any atom is -0.471 e. The molecule has 1 aromatic heterocycles. The molecule has 1 rings (SSSR count). The summed E-state index contributed by atoms with van der Waals surface area (Å²) in [6, 6.07) is 0. The van der Waals surface area contributed by atoms with Crippen LogP contribution in [0.15, 0.2) is 0 Å². The normalized spacial score (nSPS) is 13.4. The van der Waals surface area contributed by atoms with E-state index in [0.717, 1.165) is 0 Å². The van der Waals surface area contributed by atoms with Gasteiger partial charge in [-0.3, -0.25) is 0 Å². The molecule has 0 aliphatic rings. The lowest BCUT2D eigenvalue weighted by Gasteiger charge is -2.22. The van der Waals surface area contributed by atoms with Crippen molar-refractivity contribution in [3.63, 3.8) is 0 Å². The second kappa shape index (κ2) is 5.55. The van der Waals surface area contributed by atoms with E-state index in [1.54, 1.807) is 20.8 Å². The molecule has 0 amide bonds. The molecule has 0 aliphatic heterocycles. The van der Waals surface area contributed by atoms with E-state index in [-0.39, 0.29) is 22.4 Å². The molecular formula is C12H14ClF5N2O. The Balaban J connectivity index is 3.07. The summed E-state index contributed by atoms with van der Waals surface area (Å²) in [7, 11) is 0. The molecule has 9 heteroatoms. The van der Waals surface area contributed by atoms with Crippen LogP contribution in [0, 0.1) is 6.92 Å². The van der Waals surface area contributed by atoms with Crippen molar-refractivity contribution in [1.82, 2.24) is 9.97 Å². The lowest BCUT2D eigenvalue weighted by atomic mass is 9.96. The average Bonchev–Trinajstić information content (AvgIpc) is 2.28. The zero-order valence-corrected chi connectivity index (χ0v) is 12.5. The van der Waals surface area contributed by atoms with Gasteiger partial charge < -0.3 is 4.74 Å². The van der Waals surface area contributed by atoms with Crippen molar-refractivity contribution >= 4 is 11.6 Å². The molecule has 1 aromatic rings. The topological polar surface area (TPSA) is 35.0 Å². The number of alkyl halides is 5. The minimum absolute atomic E-state index is 0.0553. The van der Waals surface area contributed by atoms with E-state index in [9.17, 15) is 22.0 Å².